The van der Waals surface area contributed by atoms with Gasteiger partial charge in [0.25, 0.3) is 0 Å². The van der Waals surface area contributed by atoms with Crippen LogP contribution in [0.1, 0.15) is 33.1 Å². The SMILES string of the molecule is CCCOc1cccc(NCC(O)CCC)c1N. The summed E-state index contributed by atoms with van der Waals surface area (Å²) in [7, 11) is 0. The van der Waals surface area contributed by atoms with E-state index < -0.39 is 0 Å². The van der Waals surface area contributed by atoms with Crippen molar-refractivity contribution in [2.45, 2.75) is 39.2 Å². The lowest BCUT2D eigenvalue weighted by molar-refractivity contribution is 0.176. The monoisotopic (exact) mass is 252 g/mol. The standard InChI is InChI=1S/C14H24N2O2/c1-3-6-11(17)10-16-12-7-5-8-13(14(12)15)18-9-4-2/h5,7-8,11,16-17H,3-4,6,9-10,15H2,1-2H3. The Balaban J connectivity index is 2.60. The molecule has 102 valence electrons. The van der Waals surface area contributed by atoms with Gasteiger partial charge in [-0.05, 0) is 25.0 Å². The van der Waals surface area contributed by atoms with E-state index in [0.29, 0.717) is 24.6 Å². The molecule has 1 unspecified atom stereocenters. The Labute approximate surface area is 109 Å². The first kappa shape index (κ1) is 14.6. The molecular weight excluding hydrogens is 228 g/mol. The Morgan fingerprint density at radius 1 is 1.33 bits per heavy atom. The van der Waals surface area contributed by atoms with E-state index in [9.17, 15) is 5.11 Å². The minimum atomic E-state index is -0.338. The highest BCUT2D eigenvalue weighted by Gasteiger charge is 2.07. The second-order valence-corrected chi connectivity index (χ2v) is 4.39. The molecule has 0 radical (unpaired) electrons. The molecule has 1 aromatic rings. The molecular formula is C14H24N2O2. The molecule has 0 aliphatic heterocycles. The molecule has 0 fully saturated rings. The van der Waals surface area contributed by atoms with Crippen LogP contribution >= 0.6 is 0 Å². The molecule has 1 rings (SSSR count). The maximum absolute atomic E-state index is 9.68. The molecule has 4 nitrogen and oxygen atoms in total. The Hall–Kier alpha value is -1.42. The van der Waals surface area contributed by atoms with Crippen LogP contribution in [0.25, 0.3) is 0 Å². The van der Waals surface area contributed by atoms with E-state index in [-0.39, 0.29) is 6.10 Å². The zero-order chi connectivity index (χ0) is 13.4. The fraction of sp³-hybridized carbons (Fsp3) is 0.571. The second kappa shape index (κ2) is 7.82. The highest BCUT2D eigenvalue weighted by atomic mass is 16.5. The number of nitrogens with one attached hydrogen (secondary N) is 1. The van der Waals surface area contributed by atoms with Crippen molar-refractivity contribution in [1.82, 2.24) is 0 Å². The fourth-order valence-corrected chi connectivity index (χ4v) is 1.70. The van der Waals surface area contributed by atoms with Gasteiger partial charge < -0.3 is 20.9 Å². The predicted octanol–water partition coefficient (Wildman–Crippen LogP) is 2.63. The highest BCUT2D eigenvalue weighted by Crippen LogP contribution is 2.29. The molecule has 0 aromatic heterocycles. The van der Waals surface area contributed by atoms with Crippen LogP contribution in [0.4, 0.5) is 11.4 Å². The van der Waals surface area contributed by atoms with Gasteiger partial charge in [0.15, 0.2) is 0 Å². The maximum atomic E-state index is 9.68. The lowest BCUT2D eigenvalue weighted by Crippen LogP contribution is -2.19. The van der Waals surface area contributed by atoms with Gasteiger partial charge in [0.05, 0.1) is 24.1 Å². The predicted molar refractivity (Wildman–Crippen MR) is 76.0 cm³/mol. The molecule has 4 N–H and O–H groups in total. The van der Waals surface area contributed by atoms with Crippen molar-refractivity contribution in [2.75, 3.05) is 24.2 Å². The Morgan fingerprint density at radius 2 is 2.11 bits per heavy atom. The summed E-state index contributed by atoms with van der Waals surface area (Å²) >= 11 is 0. The van der Waals surface area contributed by atoms with Crippen LogP contribution in [0.3, 0.4) is 0 Å². The quantitative estimate of drug-likeness (QED) is 0.622. The van der Waals surface area contributed by atoms with Gasteiger partial charge in [-0.2, -0.15) is 0 Å². The topological polar surface area (TPSA) is 67.5 Å². The molecule has 0 aliphatic carbocycles. The van der Waals surface area contributed by atoms with Gasteiger partial charge >= 0.3 is 0 Å². The van der Waals surface area contributed by atoms with Crippen LogP contribution < -0.4 is 15.8 Å². The fourth-order valence-electron chi connectivity index (χ4n) is 1.70. The van der Waals surface area contributed by atoms with Crippen molar-refractivity contribution in [3.05, 3.63) is 18.2 Å². The Morgan fingerprint density at radius 3 is 2.78 bits per heavy atom. The first-order valence-corrected chi connectivity index (χ1v) is 6.62. The molecule has 0 saturated heterocycles. The molecule has 0 heterocycles. The number of hydrogen-bond acceptors (Lipinski definition) is 4. The summed E-state index contributed by atoms with van der Waals surface area (Å²) in [5, 5.41) is 12.8. The normalized spacial score (nSPS) is 12.2. The number of aliphatic hydroxyl groups excluding tert-OH is 1. The van der Waals surface area contributed by atoms with Gasteiger partial charge in [-0.1, -0.05) is 26.3 Å². The van der Waals surface area contributed by atoms with Gasteiger partial charge in [-0.3, -0.25) is 0 Å². The van der Waals surface area contributed by atoms with Crippen LogP contribution in [0.15, 0.2) is 18.2 Å². The van der Waals surface area contributed by atoms with E-state index in [1.165, 1.54) is 0 Å². The van der Waals surface area contributed by atoms with E-state index in [1.807, 2.05) is 18.2 Å². The van der Waals surface area contributed by atoms with Crippen molar-refractivity contribution < 1.29 is 9.84 Å². The molecule has 18 heavy (non-hydrogen) atoms. The summed E-state index contributed by atoms with van der Waals surface area (Å²) in [6, 6.07) is 5.65. The molecule has 0 aliphatic rings. The summed E-state index contributed by atoms with van der Waals surface area (Å²) in [5.74, 6) is 0.701. The molecule has 0 spiro atoms. The summed E-state index contributed by atoms with van der Waals surface area (Å²) in [6.07, 6.45) is 2.37. The third kappa shape index (κ3) is 4.45. The first-order valence-electron chi connectivity index (χ1n) is 6.62. The number of anilines is 2. The van der Waals surface area contributed by atoms with Crippen molar-refractivity contribution in [3.8, 4) is 5.75 Å². The number of aliphatic hydroxyl groups is 1. The average Bonchev–Trinajstić information content (AvgIpc) is 2.36. The largest absolute Gasteiger partial charge is 0.491 e. The van der Waals surface area contributed by atoms with Gasteiger partial charge in [-0.15, -0.1) is 0 Å². The number of ether oxygens (including phenoxy) is 1. The van der Waals surface area contributed by atoms with Gasteiger partial charge in [0.2, 0.25) is 0 Å². The highest BCUT2D eigenvalue weighted by molar-refractivity contribution is 5.72. The molecule has 1 aromatic carbocycles. The molecule has 0 bridgehead atoms. The molecule has 0 saturated carbocycles. The third-order valence-corrected chi connectivity index (χ3v) is 2.68. The van der Waals surface area contributed by atoms with Crippen molar-refractivity contribution in [2.24, 2.45) is 0 Å². The van der Waals surface area contributed by atoms with E-state index in [4.69, 9.17) is 10.5 Å². The lowest BCUT2D eigenvalue weighted by atomic mass is 10.2. The summed E-state index contributed by atoms with van der Waals surface area (Å²) in [5.41, 5.74) is 7.44. The maximum Gasteiger partial charge on any atom is 0.144 e. The number of nitrogen functional groups attached to an aromatic ring is 1. The lowest BCUT2D eigenvalue weighted by Gasteiger charge is -2.15. The van der Waals surface area contributed by atoms with Gasteiger partial charge in [-0.25, -0.2) is 0 Å². The van der Waals surface area contributed by atoms with Crippen molar-refractivity contribution >= 4 is 11.4 Å². The Bertz CT molecular complexity index is 356. The average molecular weight is 252 g/mol. The smallest absolute Gasteiger partial charge is 0.144 e. The van der Waals surface area contributed by atoms with Crippen LogP contribution in [-0.2, 0) is 0 Å². The van der Waals surface area contributed by atoms with Crippen LogP contribution in [0, 0.1) is 0 Å². The van der Waals surface area contributed by atoms with E-state index in [1.54, 1.807) is 0 Å². The van der Waals surface area contributed by atoms with Crippen molar-refractivity contribution in [3.63, 3.8) is 0 Å². The van der Waals surface area contributed by atoms with Crippen LogP contribution in [0.2, 0.25) is 0 Å². The molecule has 1 atom stereocenters. The van der Waals surface area contributed by atoms with E-state index in [2.05, 4.69) is 19.2 Å². The number of benzene rings is 1. The first-order chi connectivity index (χ1) is 8.69. The molecule has 4 heteroatoms. The van der Waals surface area contributed by atoms with E-state index >= 15 is 0 Å². The van der Waals surface area contributed by atoms with Crippen LogP contribution in [0.5, 0.6) is 5.75 Å². The number of hydrogen-bond donors (Lipinski definition) is 3. The minimum Gasteiger partial charge on any atom is -0.491 e. The second-order valence-electron chi connectivity index (χ2n) is 4.39. The minimum absolute atomic E-state index is 0.338. The summed E-state index contributed by atoms with van der Waals surface area (Å²) in [4.78, 5) is 0. The molecule has 0 amide bonds. The van der Waals surface area contributed by atoms with Crippen molar-refractivity contribution in [1.29, 1.82) is 0 Å². The zero-order valence-corrected chi connectivity index (χ0v) is 11.3. The van der Waals surface area contributed by atoms with E-state index in [0.717, 1.165) is 24.9 Å². The van der Waals surface area contributed by atoms with Gasteiger partial charge in [0, 0.05) is 6.54 Å². The number of rotatable bonds is 8. The summed E-state index contributed by atoms with van der Waals surface area (Å²) < 4.78 is 5.55. The summed E-state index contributed by atoms with van der Waals surface area (Å²) in [6.45, 7) is 5.28. The zero-order valence-electron chi connectivity index (χ0n) is 11.3. The Kier molecular flexibility index (Phi) is 6.36. The number of para-hydroxylation sites is 1. The van der Waals surface area contributed by atoms with Gasteiger partial charge in [0.1, 0.15) is 5.75 Å². The third-order valence-electron chi connectivity index (χ3n) is 2.68. The van der Waals surface area contributed by atoms with Crippen LogP contribution in [-0.4, -0.2) is 24.4 Å². The number of nitrogens with two attached hydrogens (primary N) is 1.